The third kappa shape index (κ3) is 5.08. The SMILES string of the molecule is CC(=O)Nc1cc(N)c(Cl)cc1N=Nc1cc(Cl)c(NC(C)=O)c(Cl)c1. The molecule has 0 aliphatic carbocycles. The first-order valence-corrected chi connectivity index (χ1v) is 8.35. The Bertz CT molecular complexity index is 892. The van der Waals surface area contributed by atoms with Crippen molar-refractivity contribution < 1.29 is 9.59 Å². The van der Waals surface area contributed by atoms with E-state index in [1.54, 1.807) is 0 Å². The fourth-order valence-corrected chi connectivity index (χ4v) is 2.70. The lowest BCUT2D eigenvalue weighted by atomic mass is 10.2. The van der Waals surface area contributed by atoms with Gasteiger partial charge in [0.2, 0.25) is 11.8 Å². The zero-order valence-corrected chi connectivity index (χ0v) is 16.0. The summed E-state index contributed by atoms with van der Waals surface area (Å²) in [5, 5.41) is 13.9. The van der Waals surface area contributed by atoms with Gasteiger partial charge in [0.15, 0.2) is 0 Å². The summed E-state index contributed by atoms with van der Waals surface area (Å²) in [6.45, 7) is 2.70. The van der Waals surface area contributed by atoms with E-state index in [0.717, 1.165) is 0 Å². The summed E-state index contributed by atoms with van der Waals surface area (Å²) in [6, 6.07) is 5.93. The van der Waals surface area contributed by atoms with E-state index in [4.69, 9.17) is 40.5 Å². The number of amides is 2. The summed E-state index contributed by atoms with van der Waals surface area (Å²) in [5.41, 5.74) is 7.33. The Kier molecular flexibility index (Phi) is 6.42. The zero-order chi connectivity index (χ0) is 19.4. The number of rotatable bonds is 4. The van der Waals surface area contributed by atoms with Crippen LogP contribution in [-0.2, 0) is 9.59 Å². The molecule has 0 bridgehead atoms. The largest absolute Gasteiger partial charge is 0.397 e. The minimum atomic E-state index is -0.306. The van der Waals surface area contributed by atoms with Gasteiger partial charge in [0.05, 0.1) is 37.8 Å². The lowest BCUT2D eigenvalue weighted by Crippen LogP contribution is -2.06. The number of azo groups is 1. The molecule has 0 spiro atoms. The molecule has 136 valence electrons. The van der Waals surface area contributed by atoms with Crippen LogP contribution in [0, 0.1) is 0 Å². The van der Waals surface area contributed by atoms with Crippen molar-refractivity contribution >= 4 is 75.1 Å². The van der Waals surface area contributed by atoms with Crippen molar-refractivity contribution in [1.29, 1.82) is 0 Å². The predicted octanol–water partition coefficient (Wildman–Crippen LogP) is 5.56. The third-order valence-electron chi connectivity index (χ3n) is 3.03. The third-order valence-corrected chi connectivity index (χ3v) is 3.95. The molecule has 2 rings (SSSR count). The van der Waals surface area contributed by atoms with Gasteiger partial charge in [0, 0.05) is 13.8 Å². The molecule has 0 aliphatic heterocycles. The molecule has 0 fully saturated rings. The quantitative estimate of drug-likeness (QED) is 0.450. The number of nitrogens with one attached hydrogen (secondary N) is 2. The van der Waals surface area contributed by atoms with Gasteiger partial charge in [-0.3, -0.25) is 9.59 Å². The summed E-state index contributed by atoms with van der Waals surface area (Å²) in [5.74, 6) is -0.603. The molecule has 0 aliphatic rings. The molecule has 0 aromatic heterocycles. The Hall–Kier alpha value is -2.35. The van der Waals surface area contributed by atoms with E-state index < -0.39 is 0 Å². The molecule has 2 amide bonds. The Morgan fingerprint density at radius 2 is 1.46 bits per heavy atom. The molecule has 0 radical (unpaired) electrons. The summed E-state index contributed by atoms with van der Waals surface area (Å²) in [6.07, 6.45) is 0. The van der Waals surface area contributed by atoms with Crippen LogP contribution in [0.5, 0.6) is 0 Å². The number of benzene rings is 2. The second-order valence-corrected chi connectivity index (χ2v) is 6.46. The van der Waals surface area contributed by atoms with Gasteiger partial charge >= 0.3 is 0 Å². The van der Waals surface area contributed by atoms with Gasteiger partial charge in [-0.2, -0.15) is 5.11 Å². The van der Waals surface area contributed by atoms with Crippen molar-refractivity contribution in [2.75, 3.05) is 16.4 Å². The molecular weight excluding hydrogens is 401 g/mol. The lowest BCUT2D eigenvalue weighted by molar-refractivity contribution is -0.115. The predicted molar refractivity (Wildman–Crippen MR) is 105 cm³/mol. The number of hydrogen-bond acceptors (Lipinski definition) is 5. The summed E-state index contributed by atoms with van der Waals surface area (Å²) >= 11 is 18.2. The maximum Gasteiger partial charge on any atom is 0.221 e. The summed E-state index contributed by atoms with van der Waals surface area (Å²) < 4.78 is 0. The first kappa shape index (κ1) is 20.0. The Morgan fingerprint density at radius 3 is 2.00 bits per heavy atom. The van der Waals surface area contributed by atoms with E-state index in [-0.39, 0.29) is 32.6 Å². The fraction of sp³-hybridized carbons (Fsp3) is 0.125. The molecule has 0 unspecified atom stereocenters. The topological polar surface area (TPSA) is 109 Å². The molecule has 0 atom stereocenters. The molecule has 0 saturated heterocycles. The molecular formula is C16H14Cl3N5O2. The number of carbonyl (C=O) groups excluding carboxylic acids is 2. The second-order valence-electron chi connectivity index (χ2n) is 5.24. The molecule has 10 heteroatoms. The van der Waals surface area contributed by atoms with Gasteiger partial charge in [-0.1, -0.05) is 34.8 Å². The Morgan fingerprint density at radius 1 is 0.885 bits per heavy atom. The maximum absolute atomic E-state index is 11.3. The Labute approximate surface area is 164 Å². The minimum absolute atomic E-state index is 0.207. The normalized spacial score (nSPS) is 10.8. The van der Waals surface area contributed by atoms with Crippen molar-refractivity contribution in [2.45, 2.75) is 13.8 Å². The van der Waals surface area contributed by atoms with E-state index in [0.29, 0.717) is 22.7 Å². The summed E-state index contributed by atoms with van der Waals surface area (Å²) in [7, 11) is 0. The van der Waals surface area contributed by atoms with Crippen LogP contribution in [0.25, 0.3) is 0 Å². The molecule has 2 aromatic carbocycles. The van der Waals surface area contributed by atoms with Crippen LogP contribution in [-0.4, -0.2) is 11.8 Å². The highest BCUT2D eigenvalue weighted by Crippen LogP contribution is 2.37. The number of anilines is 3. The number of nitrogens with two attached hydrogens (primary N) is 1. The highest BCUT2D eigenvalue weighted by molar-refractivity contribution is 6.40. The lowest BCUT2D eigenvalue weighted by Gasteiger charge is -2.09. The summed E-state index contributed by atoms with van der Waals surface area (Å²) in [4.78, 5) is 22.5. The molecule has 26 heavy (non-hydrogen) atoms. The zero-order valence-electron chi connectivity index (χ0n) is 13.7. The van der Waals surface area contributed by atoms with E-state index in [9.17, 15) is 9.59 Å². The second kappa shape index (κ2) is 8.35. The monoisotopic (exact) mass is 413 g/mol. The smallest absolute Gasteiger partial charge is 0.221 e. The van der Waals surface area contributed by atoms with Crippen LogP contribution in [0.3, 0.4) is 0 Å². The standard InChI is InChI=1S/C16H14Cl3N5O2/c1-7(25)21-14-6-13(20)10(17)5-15(14)24-23-9-3-11(18)16(12(19)4-9)22-8(2)26/h3-6H,20H2,1-2H3,(H,21,25)(H,22,26). The van der Waals surface area contributed by atoms with E-state index >= 15 is 0 Å². The highest BCUT2D eigenvalue weighted by Gasteiger charge is 2.11. The first-order valence-electron chi connectivity index (χ1n) is 7.22. The average molecular weight is 415 g/mol. The van der Waals surface area contributed by atoms with Crippen molar-refractivity contribution in [3.63, 3.8) is 0 Å². The minimum Gasteiger partial charge on any atom is -0.397 e. The van der Waals surface area contributed by atoms with Gasteiger partial charge in [-0.05, 0) is 24.3 Å². The molecule has 0 saturated carbocycles. The Balaban J connectivity index is 2.39. The van der Waals surface area contributed by atoms with Crippen LogP contribution in [0.15, 0.2) is 34.5 Å². The number of nitrogens with zero attached hydrogens (tertiary/aromatic N) is 2. The highest BCUT2D eigenvalue weighted by atomic mass is 35.5. The number of halogens is 3. The van der Waals surface area contributed by atoms with Crippen molar-refractivity contribution in [3.8, 4) is 0 Å². The van der Waals surface area contributed by atoms with Crippen molar-refractivity contribution in [3.05, 3.63) is 39.3 Å². The van der Waals surface area contributed by atoms with Gasteiger partial charge in [-0.25, -0.2) is 0 Å². The van der Waals surface area contributed by atoms with Crippen LogP contribution in [0.2, 0.25) is 15.1 Å². The van der Waals surface area contributed by atoms with Crippen LogP contribution in [0.4, 0.5) is 28.4 Å². The number of nitrogen functional groups attached to an aromatic ring is 1. The van der Waals surface area contributed by atoms with Gasteiger partial charge in [-0.15, -0.1) is 5.11 Å². The number of carbonyl (C=O) groups is 2. The van der Waals surface area contributed by atoms with Gasteiger partial charge in [0.1, 0.15) is 5.69 Å². The maximum atomic E-state index is 11.3. The van der Waals surface area contributed by atoms with Crippen LogP contribution >= 0.6 is 34.8 Å². The van der Waals surface area contributed by atoms with Crippen molar-refractivity contribution in [1.82, 2.24) is 0 Å². The van der Waals surface area contributed by atoms with Gasteiger partial charge in [0.25, 0.3) is 0 Å². The molecule has 0 heterocycles. The molecule has 2 aromatic rings. The van der Waals surface area contributed by atoms with E-state index in [1.165, 1.54) is 38.1 Å². The van der Waals surface area contributed by atoms with Crippen molar-refractivity contribution in [2.24, 2.45) is 10.2 Å². The van der Waals surface area contributed by atoms with E-state index in [2.05, 4.69) is 20.9 Å². The first-order chi connectivity index (χ1) is 12.2. The average Bonchev–Trinajstić information content (AvgIpc) is 2.52. The van der Waals surface area contributed by atoms with Gasteiger partial charge < -0.3 is 16.4 Å². The van der Waals surface area contributed by atoms with Crippen LogP contribution in [0.1, 0.15) is 13.8 Å². The molecule has 4 N–H and O–H groups in total. The number of hydrogen-bond donors (Lipinski definition) is 3. The van der Waals surface area contributed by atoms with E-state index in [1.807, 2.05) is 0 Å². The van der Waals surface area contributed by atoms with Crippen LogP contribution < -0.4 is 16.4 Å². The molecule has 7 nitrogen and oxygen atoms in total. The fourth-order valence-electron chi connectivity index (χ4n) is 1.98.